The number of oxazole rings is 1. The summed E-state index contributed by atoms with van der Waals surface area (Å²) in [6.07, 6.45) is 0.205. The van der Waals surface area contributed by atoms with Gasteiger partial charge in [-0.3, -0.25) is 0 Å². The molecule has 0 amide bonds. The Morgan fingerprint density at radius 3 is 2.48 bits per heavy atom. The molecule has 2 atom stereocenters. The Morgan fingerprint density at radius 1 is 1.19 bits per heavy atom. The monoisotopic (exact) mass is 283 g/mol. The summed E-state index contributed by atoms with van der Waals surface area (Å²) in [6.45, 7) is 5.43. The fraction of sp³-hybridized carbons (Fsp3) is 0.375. The van der Waals surface area contributed by atoms with Gasteiger partial charge in [0, 0.05) is 18.7 Å². The summed E-state index contributed by atoms with van der Waals surface area (Å²) in [4.78, 5) is 6.35. The Morgan fingerprint density at radius 2 is 1.86 bits per heavy atom. The van der Waals surface area contributed by atoms with Crippen LogP contribution in [0.4, 0.5) is 5.88 Å². The second-order valence-corrected chi connectivity index (χ2v) is 5.31. The van der Waals surface area contributed by atoms with Crippen molar-refractivity contribution in [2.75, 3.05) is 18.0 Å². The number of hydrogen-bond donors (Lipinski definition) is 0. The molecular weight excluding hydrogens is 266 g/mol. The van der Waals surface area contributed by atoms with Crippen molar-refractivity contribution in [3.05, 3.63) is 36.0 Å². The summed E-state index contributed by atoms with van der Waals surface area (Å²) in [5.41, 5.74) is 1.20. The molecule has 5 heteroatoms. The predicted molar refractivity (Wildman–Crippen MR) is 78.9 cm³/mol. The number of rotatable bonds is 2. The third kappa shape index (κ3) is 2.76. The smallest absolute Gasteiger partial charge is 0.235 e. The Kier molecular flexibility index (Phi) is 3.63. The van der Waals surface area contributed by atoms with Crippen LogP contribution in [0.2, 0.25) is 0 Å². The Hall–Kier alpha value is -2.32. The summed E-state index contributed by atoms with van der Waals surface area (Å²) in [7, 11) is 0. The summed E-state index contributed by atoms with van der Waals surface area (Å²) in [5, 5.41) is 9.31. The molecule has 1 aromatic heterocycles. The fourth-order valence-electron chi connectivity index (χ4n) is 2.65. The first kappa shape index (κ1) is 13.7. The average Bonchev–Trinajstić information content (AvgIpc) is 2.91. The van der Waals surface area contributed by atoms with Crippen molar-refractivity contribution in [3.8, 4) is 17.5 Å². The number of aromatic nitrogens is 1. The molecule has 0 spiro atoms. The van der Waals surface area contributed by atoms with Crippen LogP contribution in [0.3, 0.4) is 0 Å². The van der Waals surface area contributed by atoms with Crippen LogP contribution in [0.15, 0.2) is 34.7 Å². The Bertz CT molecular complexity index is 650. The van der Waals surface area contributed by atoms with Crippen LogP contribution in [0, 0.1) is 11.3 Å². The zero-order chi connectivity index (χ0) is 14.8. The average molecular weight is 283 g/mol. The van der Waals surface area contributed by atoms with Gasteiger partial charge in [-0.2, -0.15) is 10.2 Å². The van der Waals surface area contributed by atoms with E-state index in [1.54, 1.807) is 0 Å². The second-order valence-electron chi connectivity index (χ2n) is 5.31. The van der Waals surface area contributed by atoms with Crippen molar-refractivity contribution in [2.24, 2.45) is 0 Å². The van der Waals surface area contributed by atoms with Gasteiger partial charge in [-0.25, -0.2) is 0 Å². The molecule has 0 aliphatic carbocycles. The van der Waals surface area contributed by atoms with Crippen LogP contribution in [-0.4, -0.2) is 30.3 Å². The second kappa shape index (κ2) is 5.58. The highest BCUT2D eigenvalue weighted by Crippen LogP contribution is 2.29. The third-order valence-corrected chi connectivity index (χ3v) is 3.44. The molecule has 0 bridgehead atoms. The lowest BCUT2D eigenvalue weighted by molar-refractivity contribution is -0.00638. The molecule has 21 heavy (non-hydrogen) atoms. The molecule has 1 aliphatic heterocycles. The van der Waals surface area contributed by atoms with Gasteiger partial charge in [0.25, 0.3) is 0 Å². The number of nitrogens with zero attached hydrogens (tertiary/aromatic N) is 3. The van der Waals surface area contributed by atoms with Crippen LogP contribution in [0.25, 0.3) is 11.5 Å². The topological polar surface area (TPSA) is 62.3 Å². The van der Waals surface area contributed by atoms with E-state index >= 15 is 0 Å². The van der Waals surface area contributed by atoms with Gasteiger partial charge in [-0.1, -0.05) is 18.2 Å². The van der Waals surface area contributed by atoms with Gasteiger partial charge >= 0.3 is 0 Å². The lowest BCUT2D eigenvalue weighted by Crippen LogP contribution is -2.45. The van der Waals surface area contributed by atoms with E-state index in [4.69, 9.17) is 9.15 Å². The first-order valence-electron chi connectivity index (χ1n) is 7.04. The number of benzene rings is 1. The fourth-order valence-corrected chi connectivity index (χ4v) is 2.65. The van der Waals surface area contributed by atoms with Crippen molar-refractivity contribution >= 4 is 5.88 Å². The van der Waals surface area contributed by atoms with E-state index in [2.05, 4.69) is 11.1 Å². The van der Waals surface area contributed by atoms with Crippen LogP contribution in [-0.2, 0) is 4.74 Å². The minimum atomic E-state index is 0.102. The zero-order valence-electron chi connectivity index (χ0n) is 12.1. The molecule has 108 valence electrons. The van der Waals surface area contributed by atoms with E-state index in [-0.39, 0.29) is 12.2 Å². The van der Waals surface area contributed by atoms with E-state index in [9.17, 15) is 5.26 Å². The predicted octanol–water partition coefficient (Wildman–Crippen LogP) is 2.83. The first-order chi connectivity index (χ1) is 10.2. The van der Waals surface area contributed by atoms with E-state index < -0.39 is 0 Å². The van der Waals surface area contributed by atoms with E-state index in [1.165, 1.54) is 0 Å². The standard InChI is InChI=1S/C16H17N3O2/c1-11-9-19(10-12(2)20-11)16-14(8-17)18-15(21-16)13-6-4-3-5-7-13/h3-7,11-12H,9-10H2,1-2H3/t11-,12+. The van der Waals surface area contributed by atoms with Crippen LogP contribution in [0.1, 0.15) is 19.5 Å². The van der Waals surface area contributed by atoms with Crippen molar-refractivity contribution < 1.29 is 9.15 Å². The van der Waals surface area contributed by atoms with E-state index in [0.717, 1.165) is 5.56 Å². The highest BCUT2D eigenvalue weighted by molar-refractivity contribution is 5.59. The van der Waals surface area contributed by atoms with Gasteiger partial charge in [-0.15, -0.1) is 0 Å². The van der Waals surface area contributed by atoms with Crippen LogP contribution < -0.4 is 4.90 Å². The van der Waals surface area contributed by atoms with Gasteiger partial charge in [0.05, 0.1) is 12.2 Å². The molecule has 2 aromatic rings. The van der Waals surface area contributed by atoms with Gasteiger partial charge in [0.2, 0.25) is 17.5 Å². The van der Waals surface area contributed by atoms with Crippen molar-refractivity contribution in [2.45, 2.75) is 26.1 Å². The number of morpholine rings is 1. The van der Waals surface area contributed by atoms with E-state index in [1.807, 2.05) is 49.1 Å². The zero-order valence-corrected chi connectivity index (χ0v) is 12.1. The Labute approximate surface area is 123 Å². The summed E-state index contributed by atoms with van der Waals surface area (Å²) in [6, 6.07) is 11.7. The van der Waals surface area contributed by atoms with Crippen LogP contribution in [0.5, 0.6) is 0 Å². The lowest BCUT2D eigenvalue weighted by Gasteiger charge is -2.34. The molecule has 1 aliphatic rings. The normalized spacial score (nSPS) is 22.0. The lowest BCUT2D eigenvalue weighted by atomic mass is 10.2. The maximum Gasteiger partial charge on any atom is 0.235 e. The molecule has 0 saturated carbocycles. The van der Waals surface area contributed by atoms with Crippen molar-refractivity contribution in [3.63, 3.8) is 0 Å². The molecule has 1 aromatic carbocycles. The maximum absolute atomic E-state index is 9.31. The highest BCUT2D eigenvalue weighted by atomic mass is 16.5. The number of ether oxygens (including phenoxy) is 1. The van der Waals surface area contributed by atoms with Crippen LogP contribution >= 0.6 is 0 Å². The number of hydrogen-bond acceptors (Lipinski definition) is 5. The first-order valence-corrected chi connectivity index (χ1v) is 7.04. The molecule has 0 N–H and O–H groups in total. The van der Waals surface area contributed by atoms with Gasteiger partial charge in [0.1, 0.15) is 6.07 Å². The Balaban J connectivity index is 1.96. The van der Waals surface area contributed by atoms with Crippen molar-refractivity contribution in [1.29, 1.82) is 5.26 Å². The van der Waals surface area contributed by atoms with Gasteiger partial charge < -0.3 is 14.1 Å². The quantitative estimate of drug-likeness (QED) is 0.848. The minimum absolute atomic E-state index is 0.102. The molecule has 3 rings (SSSR count). The molecule has 5 nitrogen and oxygen atoms in total. The molecule has 1 fully saturated rings. The third-order valence-electron chi connectivity index (χ3n) is 3.44. The maximum atomic E-state index is 9.31. The largest absolute Gasteiger partial charge is 0.419 e. The number of anilines is 1. The van der Waals surface area contributed by atoms with Gasteiger partial charge in [-0.05, 0) is 26.0 Å². The molecule has 0 radical (unpaired) electrons. The minimum Gasteiger partial charge on any atom is -0.419 e. The van der Waals surface area contributed by atoms with Gasteiger partial charge in [0.15, 0.2) is 0 Å². The number of nitriles is 1. The van der Waals surface area contributed by atoms with Crippen molar-refractivity contribution in [1.82, 2.24) is 4.98 Å². The molecular formula is C16H17N3O2. The molecule has 2 heterocycles. The SMILES string of the molecule is C[C@@H]1CN(c2oc(-c3ccccc3)nc2C#N)C[C@H](C)O1. The molecule has 1 saturated heterocycles. The summed E-state index contributed by atoms with van der Waals surface area (Å²) >= 11 is 0. The summed E-state index contributed by atoms with van der Waals surface area (Å²) < 4.78 is 11.6. The summed E-state index contributed by atoms with van der Waals surface area (Å²) in [5.74, 6) is 1.02. The highest BCUT2D eigenvalue weighted by Gasteiger charge is 2.28. The van der Waals surface area contributed by atoms with E-state index in [0.29, 0.717) is 30.6 Å². The molecule has 0 unspecified atom stereocenters.